The molecule has 2 fully saturated rings. The molecular weight excluding hydrogens is 430 g/mol. The zero-order valence-electron chi connectivity index (χ0n) is 16.0. The SMILES string of the molecule is O=C([C@@H]1CCCN(S(=O)(=O)c2cccs2)C1)N1CCN(c2cccc(Cl)c2)CC1. The molecule has 2 aliphatic heterocycles. The summed E-state index contributed by atoms with van der Waals surface area (Å²) < 4.78 is 27.5. The number of piperidine rings is 1. The minimum Gasteiger partial charge on any atom is -0.368 e. The number of halogens is 1. The Morgan fingerprint density at radius 1 is 1.07 bits per heavy atom. The molecule has 0 unspecified atom stereocenters. The van der Waals surface area contributed by atoms with Crippen LogP contribution in [0.15, 0.2) is 46.0 Å². The van der Waals surface area contributed by atoms with Gasteiger partial charge in [-0.1, -0.05) is 23.7 Å². The number of piperazine rings is 1. The summed E-state index contributed by atoms with van der Waals surface area (Å²) >= 11 is 7.31. The van der Waals surface area contributed by atoms with Crippen molar-refractivity contribution < 1.29 is 13.2 Å². The second-order valence-electron chi connectivity index (χ2n) is 7.43. The quantitative estimate of drug-likeness (QED) is 0.713. The van der Waals surface area contributed by atoms with Gasteiger partial charge in [0.2, 0.25) is 5.91 Å². The van der Waals surface area contributed by atoms with E-state index < -0.39 is 10.0 Å². The molecule has 1 aromatic carbocycles. The van der Waals surface area contributed by atoms with Crippen LogP contribution in [-0.4, -0.2) is 62.8 Å². The minimum atomic E-state index is -3.50. The van der Waals surface area contributed by atoms with E-state index >= 15 is 0 Å². The maximum atomic E-state index is 13.1. The molecule has 2 saturated heterocycles. The maximum Gasteiger partial charge on any atom is 0.252 e. The lowest BCUT2D eigenvalue weighted by Gasteiger charge is -2.39. The topological polar surface area (TPSA) is 60.9 Å². The second kappa shape index (κ2) is 8.63. The number of thiophene rings is 1. The number of amides is 1. The van der Waals surface area contributed by atoms with Crippen molar-refractivity contribution in [3.05, 3.63) is 46.8 Å². The lowest BCUT2D eigenvalue weighted by Crippen LogP contribution is -2.53. The molecule has 9 heteroatoms. The largest absolute Gasteiger partial charge is 0.368 e. The number of nitrogens with zero attached hydrogens (tertiary/aromatic N) is 3. The maximum absolute atomic E-state index is 13.1. The van der Waals surface area contributed by atoms with Gasteiger partial charge in [-0.3, -0.25) is 4.79 Å². The van der Waals surface area contributed by atoms with Crippen molar-refractivity contribution >= 4 is 44.6 Å². The van der Waals surface area contributed by atoms with E-state index in [0.717, 1.165) is 25.2 Å². The fourth-order valence-corrected chi connectivity index (χ4v) is 6.87. The number of carbonyl (C=O) groups excluding carboxylic acids is 1. The average molecular weight is 454 g/mol. The van der Waals surface area contributed by atoms with Crippen molar-refractivity contribution in [1.29, 1.82) is 0 Å². The van der Waals surface area contributed by atoms with E-state index in [1.165, 1.54) is 15.6 Å². The Hall–Kier alpha value is -1.61. The Kier molecular flexibility index (Phi) is 6.15. The third kappa shape index (κ3) is 4.45. The number of sulfonamides is 1. The van der Waals surface area contributed by atoms with E-state index in [1.807, 2.05) is 29.2 Å². The van der Waals surface area contributed by atoms with E-state index in [9.17, 15) is 13.2 Å². The van der Waals surface area contributed by atoms with Crippen LogP contribution >= 0.6 is 22.9 Å². The molecule has 29 heavy (non-hydrogen) atoms. The summed E-state index contributed by atoms with van der Waals surface area (Å²) in [5.74, 6) is -0.196. The normalized spacial score (nSPS) is 21.3. The molecular formula is C20H24ClN3O3S2. The number of benzene rings is 1. The van der Waals surface area contributed by atoms with Crippen LogP contribution in [0.2, 0.25) is 5.02 Å². The third-order valence-corrected chi connectivity index (χ3v) is 9.06. The fraction of sp³-hybridized carbons (Fsp3) is 0.450. The molecule has 156 valence electrons. The van der Waals surface area contributed by atoms with Gasteiger partial charge in [-0.2, -0.15) is 4.31 Å². The molecule has 1 atom stereocenters. The first kappa shape index (κ1) is 20.7. The van der Waals surface area contributed by atoms with Gasteiger partial charge in [0.25, 0.3) is 10.0 Å². The van der Waals surface area contributed by atoms with Crippen LogP contribution in [0.4, 0.5) is 5.69 Å². The standard InChI is InChI=1S/C20H24ClN3O3S2/c21-17-5-1-6-18(14-17)22-9-11-23(12-10-22)20(25)16-4-2-8-24(15-16)29(26,27)19-7-3-13-28-19/h1,3,5-7,13-14,16H,2,4,8-12,15H2/t16-/m1/s1. The molecule has 0 N–H and O–H groups in total. The Labute approximate surface area is 180 Å². The van der Waals surface area contributed by atoms with Crippen LogP contribution in [0.5, 0.6) is 0 Å². The number of carbonyl (C=O) groups is 1. The fourth-order valence-electron chi connectivity index (χ4n) is 4.02. The van der Waals surface area contributed by atoms with Crippen molar-refractivity contribution in [2.75, 3.05) is 44.2 Å². The Morgan fingerprint density at radius 3 is 2.55 bits per heavy atom. The van der Waals surface area contributed by atoms with Gasteiger partial charge in [-0.15, -0.1) is 11.3 Å². The summed E-state index contributed by atoms with van der Waals surface area (Å²) in [6.07, 6.45) is 1.45. The molecule has 2 aliphatic rings. The van der Waals surface area contributed by atoms with Gasteiger partial charge in [0.15, 0.2) is 0 Å². The van der Waals surface area contributed by atoms with Gasteiger partial charge in [-0.05, 0) is 42.5 Å². The van der Waals surface area contributed by atoms with E-state index in [1.54, 1.807) is 17.5 Å². The molecule has 0 aliphatic carbocycles. The molecule has 6 nitrogen and oxygen atoms in total. The molecule has 4 rings (SSSR count). The zero-order chi connectivity index (χ0) is 20.4. The highest BCUT2D eigenvalue weighted by molar-refractivity contribution is 7.91. The highest BCUT2D eigenvalue weighted by Gasteiger charge is 2.36. The Balaban J connectivity index is 1.37. The van der Waals surface area contributed by atoms with Crippen molar-refractivity contribution in [2.45, 2.75) is 17.1 Å². The van der Waals surface area contributed by atoms with Crippen molar-refractivity contribution in [2.24, 2.45) is 5.92 Å². The van der Waals surface area contributed by atoms with Crippen molar-refractivity contribution in [3.63, 3.8) is 0 Å². The molecule has 3 heterocycles. The number of anilines is 1. The smallest absolute Gasteiger partial charge is 0.252 e. The highest BCUT2D eigenvalue weighted by atomic mass is 35.5. The molecule has 1 amide bonds. The molecule has 0 spiro atoms. The van der Waals surface area contributed by atoms with Crippen LogP contribution in [-0.2, 0) is 14.8 Å². The summed E-state index contributed by atoms with van der Waals surface area (Å²) in [6.45, 7) is 3.52. The Bertz CT molecular complexity index is 957. The number of rotatable bonds is 4. The van der Waals surface area contributed by atoms with Gasteiger partial charge >= 0.3 is 0 Å². The van der Waals surface area contributed by atoms with Crippen molar-refractivity contribution in [3.8, 4) is 0 Å². The molecule has 0 bridgehead atoms. The molecule has 0 radical (unpaired) electrons. The Morgan fingerprint density at radius 2 is 1.86 bits per heavy atom. The summed E-state index contributed by atoms with van der Waals surface area (Å²) in [6, 6.07) is 11.1. The monoisotopic (exact) mass is 453 g/mol. The number of hydrogen-bond donors (Lipinski definition) is 0. The van der Waals surface area contributed by atoms with Crippen LogP contribution < -0.4 is 4.90 Å². The lowest BCUT2D eigenvalue weighted by molar-refractivity contribution is -0.137. The van der Waals surface area contributed by atoms with Gasteiger partial charge in [-0.25, -0.2) is 8.42 Å². The number of hydrogen-bond acceptors (Lipinski definition) is 5. The van der Waals surface area contributed by atoms with Crippen molar-refractivity contribution in [1.82, 2.24) is 9.21 Å². The minimum absolute atomic E-state index is 0.0711. The van der Waals surface area contributed by atoms with Gasteiger partial charge in [0.1, 0.15) is 4.21 Å². The van der Waals surface area contributed by atoms with E-state index in [0.29, 0.717) is 35.3 Å². The third-order valence-electron chi connectivity index (χ3n) is 5.59. The first-order chi connectivity index (χ1) is 13.9. The van der Waals surface area contributed by atoms with E-state index in [-0.39, 0.29) is 18.4 Å². The molecule has 2 aromatic rings. The van der Waals surface area contributed by atoms with Crippen LogP contribution in [0.3, 0.4) is 0 Å². The summed E-state index contributed by atoms with van der Waals surface area (Å²) in [5.41, 5.74) is 1.07. The zero-order valence-corrected chi connectivity index (χ0v) is 18.4. The summed E-state index contributed by atoms with van der Waals surface area (Å²) in [5, 5.41) is 2.47. The van der Waals surface area contributed by atoms with Gasteiger partial charge in [0.05, 0.1) is 5.92 Å². The predicted octanol–water partition coefficient (Wildman–Crippen LogP) is 3.15. The second-order valence-corrected chi connectivity index (χ2v) is 11.0. The van der Waals surface area contributed by atoms with Crippen LogP contribution in [0.1, 0.15) is 12.8 Å². The van der Waals surface area contributed by atoms with E-state index in [4.69, 9.17) is 11.6 Å². The molecule has 0 saturated carbocycles. The summed E-state index contributed by atoms with van der Waals surface area (Å²) in [4.78, 5) is 17.2. The highest BCUT2D eigenvalue weighted by Crippen LogP contribution is 2.28. The van der Waals surface area contributed by atoms with Gasteiger partial charge in [0, 0.05) is 50.0 Å². The predicted molar refractivity (Wildman–Crippen MR) is 116 cm³/mol. The average Bonchev–Trinajstić information content (AvgIpc) is 3.29. The van der Waals surface area contributed by atoms with Crippen LogP contribution in [0.25, 0.3) is 0 Å². The van der Waals surface area contributed by atoms with E-state index in [2.05, 4.69) is 4.90 Å². The van der Waals surface area contributed by atoms with Gasteiger partial charge < -0.3 is 9.80 Å². The molecule has 1 aromatic heterocycles. The van der Waals surface area contributed by atoms with Crippen LogP contribution in [0, 0.1) is 5.92 Å². The first-order valence-corrected chi connectivity index (χ1v) is 12.5. The summed E-state index contributed by atoms with van der Waals surface area (Å²) in [7, 11) is -3.50. The first-order valence-electron chi connectivity index (χ1n) is 9.78. The lowest BCUT2D eigenvalue weighted by atomic mass is 9.97.